The van der Waals surface area contributed by atoms with E-state index in [1.807, 2.05) is 0 Å². The van der Waals surface area contributed by atoms with Gasteiger partial charge in [-0.25, -0.2) is 0 Å². The predicted molar refractivity (Wildman–Crippen MR) is 73.0 cm³/mol. The van der Waals surface area contributed by atoms with E-state index in [2.05, 4.69) is 36.8 Å². The number of hydrogen-bond acceptors (Lipinski definition) is 3. The first kappa shape index (κ1) is 15.0. The largest absolute Gasteiger partial charge is 0.416 e. The quantitative estimate of drug-likeness (QED) is 0.764. The molecule has 0 saturated carbocycles. The zero-order valence-corrected chi connectivity index (χ0v) is 13.1. The summed E-state index contributed by atoms with van der Waals surface area (Å²) in [7, 11) is 0. The molecular formula is C11H6Br2F3NOS. The van der Waals surface area contributed by atoms with Crippen LogP contribution in [0.15, 0.2) is 32.8 Å². The van der Waals surface area contributed by atoms with Gasteiger partial charge in [-0.15, -0.1) is 11.3 Å². The van der Waals surface area contributed by atoms with Crippen molar-refractivity contribution in [2.45, 2.75) is 12.3 Å². The van der Waals surface area contributed by atoms with Gasteiger partial charge < -0.3 is 5.11 Å². The van der Waals surface area contributed by atoms with Gasteiger partial charge in [-0.3, -0.25) is 4.98 Å². The van der Waals surface area contributed by atoms with Gasteiger partial charge in [0.1, 0.15) is 6.10 Å². The lowest BCUT2D eigenvalue weighted by Gasteiger charge is -2.15. The molecule has 0 aliphatic heterocycles. The van der Waals surface area contributed by atoms with Gasteiger partial charge in [0.25, 0.3) is 0 Å². The number of aliphatic hydroxyl groups excluding tert-OH is 1. The molecule has 0 fully saturated rings. The second-order valence-electron chi connectivity index (χ2n) is 3.63. The monoisotopic (exact) mass is 415 g/mol. The van der Waals surface area contributed by atoms with E-state index in [0.717, 1.165) is 29.8 Å². The van der Waals surface area contributed by atoms with Crippen molar-refractivity contribution in [1.82, 2.24) is 4.98 Å². The molecular weight excluding hydrogens is 411 g/mol. The fourth-order valence-electron chi connectivity index (χ4n) is 1.53. The Morgan fingerprint density at radius 1 is 1.32 bits per heavy atom. The molecule has 0 aliphatic rings. The molecule has 2 heterocycles. The lowest BCUT2D eigenvalue weighted by Crippen LogP contribution is -2.12. The van der Waals surface area contributed by atoms with Crippen LogP contribution in [0.2, 0.25) is 0 Å². The molecule has 8 heteroatoms. The highest BCUT2D eigenvalue weighted by Crippen LogP contribution is 2.41. The number of nitrogens with zero attached hydrogens (tertiary/aromatic N) is 1. The molecule has 2 aromatic rings. The summed E-state index contributed by atoms with van der Waals surface area (Å²) < 4.78 is 40.0. The lowest BCUT2D eigenvalue weighted by atomic mass is 10.0. The second-order valence-corrected chi connectivity index (χ2v) is 6.89. The summed E-state index contributed by atoms with van der Waals surface area (Å²) in [5.74, 6) is 0. The maximum atomic E-state index is 12.9. The standard InChI is InChI=1S/C11H6Br2F3NOS/c12-7-3-8(19-10(7)13)9(18)5-4-17-2-1-6(5)11(14,15)16/h1-4,9,18H. The Bertz CT molecular complexity index is 580. The normalized spacial score (nSPS) is 13.6. The molecule has 0 radical (unpaired) electrons. The summed E-state index contributed by atoms with van der Waals surface area (Å²) in [5.41, 5.74) is -1.13. The molecule has 2 aromatic heterocycles. The van der Waals surface area contributed by atoms with E-state index < -0.39 is 17.8 Å². The van der Waals surface area contributed by atoms with E-state index in [1.165, 1.54) is 0 Å². The topological polar surface area (TPSA) is 33.1 Å². The number of alkyl halides is 3. The smallest absolute Gasteiger partial charge is 0.383 e. The van der Waals surface area contributed by atoms with Crippen LogP contribution >= 0.6 is 43.2 Å². The van der Waals surface area contributed by atoms with Gasteiger partial charge in [-0.2, -0.15) is 13.2 Å². The number of aromatic nitrogens is 1. The summed E-state index contributed by atoms with van der Waals surface area (Å²) >= 11 is 7.63. The summed E-state index contributed by atoms with van der Waals surface area (Å²) in [4.78, 5) is 4.06. The minimum Gasteiger partial charge on any atom is -0.383 e. The van der Waals surface area contributed by atoms with Crippen LogP contribution in [-0.4, -0.2) is 10.1 Å². The minimum atomic E-state index is -4.52. The third kappa shape index (κ3) is 3.18. The van der Waals surface area contributed by atoms with E-state index in [1.54, 1.807) is 6.07 Å². The van der Waals surface area contributed by atoms with Gasteiger partial charge in [0.2, 0.25) is 0 Å². The maximum Gasteiger partial charge on any atom is 0.416 e. The Balaban J connectivity index is 2.47. The van der Waals surface area contributed by atoms with Crippen LogP contribution in [-0.2, 0) is 6.18 Å². The lowest BCUT2D eigenvalue weighted by molar-refractivity contribution is -0.139. The Kier molecular flexibility index (Phi) is 4.34. The van der Waals surface area contributed by atoms with E-state index in [0.29, 0.717) is 13.1 Å². The van der Waals surface area contributed by atoms with E-state index >= 15 is 0 Å². The van der Waals surface area contributed by atoms with E-state index in [-0.39, 0.29) is 5.56 Å². The first-order chi connectivity index (χ1) is 8.80. The van der Waals surface area contributed by atoms with Crippen molar-refractivity contribution in [3.05, 3.63) is 48.8 Å². The Morgan fingerprint density at radius 3 is 2.53 bits per heavy atom. The Morgan fingerprint density at radius 2 is 2.00 bits per heavy atom. The summed E-state index contributed by atoms with van der Waals surface area (Å²) in [6.07, 6.45) is -3.79. The molecule has 2 rings (SSSR count). The molecule has 1 atom stereocenters. The minimum absolute atomic E-state index is 0.253. The SMILES string of the molecule is OC(c1cc(Br)c(Br)s1)c1cnccc1C(F)(F)F. The molecule has 0 saturated heterocycles. The molecule has 0 amide bonds. The van der Waals surface area contributed by atoms with Gasteiger partial charge in [-0.05, 0) is 44.0 Å². The highest BCUT2D eigenvalue weighted by Gasteiger charge is 2.35. The van der Waals surface area contributed by atoms with Gasteiger partial charge in [0.15, 0.2) is 0 Å². The average molecular weight is 417 g/mol. The van der Waals surface area contributed by atoms with Gasteiger partial charge in [0.05, 0.1) is 9.35 Å². The molecule has 1 N–H and O–H groups in total. The molecule has 19 heavy (non-hydrogen) atoms. The highest BCUT2D eigenvalue weighted by atomic mass is 79.9. The number of hydrogen-bond donors (Lipinski definition) is 1. The van der Waals surface area contributed by atoms with E-state index in [4.69, 9.17) is 0 Å². The maximum absolute atomic E-state index is 12.9. The number of thiophene rings is 1. The molecule has 0 spiro atoms. The zero-order valence-electron chi connectivity index (χ0n) is 9.08. The van der Waals surface area contributed by atoms with Crippen molar-refractivity contribution in [1.29, 1.82) is 0 Å². The summed E-state index contributed by atoms with van der Waals surface area (Å²) in [6, 6.07) is 2.43. The molecule has 1 unspecified atom stereocenters. The molecule has 0 bridgehead atoms. The first-order valence-corrected chi connectivity index (χ1v) is 7.35. The van der Waals surface area contributed by atoms with Crippen LogP contribution in [0.4, 0.5) is 13.2 Å². The second kappa shape index (κ2) is 5.51. The van der Waals surface area contributed by atoms with Crippen LogP contribution < -0.4 is 0 Å². The van der Waals surface area contributed by atoms with Crippen LogP contribution in [0.5, 0.6) is 0 Å². The number of pyridine rings is 1. The fraction of sp³-hybridized carbons (Fsp3) is 0.182. The van der Waals surface area contributed by atoms with Gasteiger partial charge >= 0.3 is 6.18 Å². The van der Waals surface area contributed by atoms with Crippen molar-refractivity contribution in [3.63, 3.8) is 0 Å². The van der Waals surface area contributed by atoms with Gasteiger partial charge in [-0.1, -0.05) is 0 Å². The van der Waals surface area contributed by atoms with Crippen LogP contribution in [0.3, 0.4) is 0 Å². The highest BCUT2D eigenvalue weighted by molar-refractivity contribution is 9.13. The predicted octanol–water partition coefficient (Wildman–Crippen LogP) is 4.77. The fourth-order valence-corrected chi connectivity index (χ4v) is 3.63. The third-order valence-electron chi connectivity index (χ3n) is 2.39. The molecule has 102 valence electrons. The van der Waals surface area contributed by atoms with Gasteiger partial charge in [0, 0.05) is 27.3 Å². The number of rotatable bonds is 2. The summed E-state index contributed by atoms with van der Waals surface area (Å²) in [6.45, 7) is 0. The molecule has 0 aromatic carbocycles. The Hall–Kier alpha value is -0.440. The Labute approximate surface area is 127 Å². The zero-order chi connectivity index (χ0) is 14.2. The van der Waals surface area contributed by atoms with Crippen molar-refractivity contribution >= 4 is 43.2 Å². The number of halogens is 5. The first-order valence-electron chi connectivity index (χ1n) is 4.94. The average Bonchev–Trinajstić information content (AvgIpc) is 2.68. The van der Waals surface area contributed by atoms with Crippen LogP contribution in [0, 0.1) is 0 Å². The summed E-state index contributed by atoms with van der Waals surface area (Å²) in [5, 5.41) is 10.1. The van der Waals surface area contributed by atoms with E-state index in [9.17, 15) is 18.3 Å². The van der Waals surface area contributed by atoms with Crippen molar-refractivity contribution < 1.29 is 18.3 Å². The molecule has 0 aliphatic carbocycles. The van der Waals surface area contributed by atoms with Crippen molar-refractivity contribution in [3.8, 4) is 0 Å². The number of aliphatic hydroxyl groups is 1. The van der Waals surface area contributed by atoms with Crippen molar-refractivity contribution in [2.24, 2.45) is 0 Å². The molecule has 2 nitrogen and oxygen atoms in total. The van der Waals surface area contributed by atoms with Crippen LogP contribution in [0.1, 0.15) is 22.1 Å². The van der Waals surface area contributed by atoms with Crippen molar-refractivity contribution in [2.75, 3.05) is 0 Å². The third-order valence-corrected chi connectivity index (χ3v) is 5.69. The van der Waals surface area contributed by atoms with Crippen LogP contribution in [0.25, 0.3) is 0 Å².